The van der Waals surface area contributed by atoms with E-state index in [1.54, 1.807) is 0 Å². The van der Waals surface area contributed by atoms with Crippen LogP contribution in [0.25, 0.3) is 0 Å². The maximum atomic E-state index is 10.7. The quantitative estimate of drug-likeness (QED) is 0.841. The van der Waals surface area contributed by atoms with Crippen LogP contribution in [0.1, 0.15) is 34.6 Å². The van der Waals surface area contributed by atoms with Crippen LogP contribution in [-0.4, -0.2) is 64.8 Å². The first kappa shape index (κ1) is 19.7. The molecule has 0 radical (unpaired) electrons. The van der Waals surface area contributed by atoms with Gasteiger partial charge < -0.3 is 10.2 Å². The summed E-state index contributed by atoms with van der Waals surface area (Å²) >= 11 is 11.1. The number of hydrogen-bond donors (Lipinski definition) is 2. The molecule has 8 heteroatoms. The first-order chi connectivity index (χ1) is 10.6. The average Bonchev–Trinajstić information content (AvgIpc) is 2.67. The molecule has 2 N–H and O–H groups in total. The SMILES string of the molecule is CC1CN(C)C(C)N1C.O=C(O)c1c(Cl)ccc(Cl)c1C(=O)O. The molecule has 0 aliphatic carbocycles. The number of likely N-dealkylation sites (N-methyl/N-ethyl adjacent to an activating group) is 2. The molecule has 0 spiro atoms. The van der Waals surface area contributed by atoms with E-state index < -0.39 is 23.1 Å². The molecule has 6 nitrogen and oxygen atoms in total. The summed E-state index contributed by atoms with van der Waals surface area (Å²) in [6.07, 6.45) is 0.625. The summed E-state index contributed by atoms with van der Waals surface area (Å²) in [6, 6.07) is 3.20. The van der Waals surface area contributed by atoms with E-state index in [1.807, 2.05) is 0 Å². The van der Waals surface area contributed by atoms with Crippen molar-refractivity contribution < 1.29 is 19.8 Å². The third-order valence-electron chi connectivity index (χ3n) is 4.01. The maximum absolute atomic E-state index is 10.7. The van der Waals surface area contributed by atoms with Crippen molar-refractivity contribution >= 4 is 35.1 Å². The van der Waals surface area contributed by atoms with Crippen molar-refractivity contribution in [1.29, 1.82) is 0 Å². The summed E-state index contributed by atoms with van der Waals surface area (Å²) in [5.74, 6) is -2.84. The van der Waals surface area contributed by atoms with Crippen molar-refractivity contribution in [3.63, 3.8) is 0 Å². The van der Waals surface area contributed by atoms with Gasteiger partial charge in [0.05, 0.1) is 27.3 Å². The summed E-state index contributed by atoms with van der Waals surface area (Å²) in [5, 5.41) is 17.1. The molecule has 2 rings (SSSR count). The van der Waals surface area contributed by atoms with Crippen LogP contribution in [0.4, 0.5) is 0 Å². The number of aromatic carboxylic acids is 2. The lowest BCUT2D eigenvalue weighted by Crippen LogP contribution is -2.32. The van der Waals surface area contributed by atoms with Gasteiger partial charge in [0.1, 0.15) is 0 Å². The van der Waals surface area contributed by atoms with Crippen LogP contribution in [0.5, 0.6) is 0 Å². The van der Waals surface area contributed by atoms with E-state index in [0.717, 1.165) is 6.04 Å². The van der Waals surface area contributed by atoms with Crippen LogP contribution in [-0.2, 0) is 0 Å². The van der Waals surface area contributed by atoms with Crippen molar-refractivity contribution in [2.45, 2.75) is 26.1 Å². The van der Waals surface area contributed by atoms with E-state index in [-0.39, 0.29) is 10.0 Å². The van der Waals surface area contributed by atoms with Crippen molar-refractivity contribution in [2.75, 3.05) is 20.6 Å². The lowest BCUT2D eigenvalue weighted by atomic mass is 10.1. The van der Waals surface area contributed by atoms with E-state index in [2.05, 4.69) is 37.7 Å². The minimum atomic E-state index is -1.42. The van der Waals surface area contributed by atoms with Gasteiger partial charge in [0.25, 0.3) is 0 Å². The number of carbonyl (C=O) groups is 2. The first-order valence-corrected chi connectivity index (χ1v) is 7.70. The fourth-order valence-electron chi connectivity index (χ4n) is 2.35. The molecule has 1 heterocycles. The molecule has 1 aliphatic rings. The number of benzene rings is 1. The van der Waals surface area contributed by atoms with Gasteiger partial charge in [-0.1, -0.05) is 23.2 Å². The average molecular weight is 363 g/mol. The Kier molecular flexibility index (Phi) is 6.83. The van der Waals surface area contributed by atoms with Gasteiger partial charge in [-0.2, -0.15) is 0 Å². The Balaban J connectivity index is 0.000000253. The van der Waals surface area contributed by atoms with E-state index in [9.17, 15) is 9.59 Å². The normalized spacial score (nSPS) is 21.7. The predicted octanol–water partition coefficient (Wildman–Crippen LogP) is 2.99. The zero-order valence-electron chi connectivity index (χ0n) is 13.4. The van der Waals surface area contributed by atoms with Gasteiger partial charge in [0.2, 0.25) is 0 Å². The lowest BCUT2D eigenvalue weighted by molar-refractivity contribution is 0.0652. The molecule has 1 aromatic rings. The standard InChI is InChI=1S/C8H4Cl2O4.C7H16N2/c9-3-1-2-4(10)6(8(13)14)5(3)7(11)12;1-6-5-8(3)7(2)9(6)4/h1-2H,(H,11,12)(H,13,14);6-7H,5H2,1-4H3. The Bertz CT molecular complexity index is 558. The monoisotopic (exact) mass is 362 g/mol. The Morgan fingerprint density at radius 3 is 1.61 bits per heavy atom. The molecule has 1 saturated heterocycles. The maximum Gasteiger partial charge on any atom is 0.338 e. The van der Waals surface area contributed by atoms with Gasteiger partial charge in [0, 0.05) is 12.6 Å². The third-order valence-corrected chi connectivity index (χ3v) is 4.64. The van der Waals surface area contributed by atoms with E-state index in [1.165, 1.54) is 18.7 Å². The zero-order chi connectivity index (χ0) is 17.9. The lowest BCUT2D eigenvalue weighted by Gasteiger charge is -2.21. The van der Waals surface area contributed by atoms with E-state index in [0.29, 0.717) is 6.17 Å². The fourth-order valence-corrected chi connectivity index (χ4v) is 2.82. The molecule has 2 unspecified atom stereocenters. The van der Waals surface area contributed by atoms with Gasteiger partial charge in [0.15, 0.2) is 0 Å². The molecule has 1 fully saturated rings. The Labute approximate surface area is 145 Å². The number of carboxylic acid groups (broad SMARTS) is 2. The van der Waals surface area contributed by atoms with Gasteiger partial charge >= 0.3 is 11.9 Å². The molecule has 2 atom stereocenters. The summed E-state index contributed by atoms with van der Waals surface area (Å²) < 4.78 is 0. The minimum Gasteiger partial charge on any atom is -0.478 e. The molecule has 0 aromatic heterocycles. The van der Waals surface area contributed by atoms with Crippen molar-refractivity contribution in [1.82, 2.24) is 9.80 Å². The summed E-state index contributed by atoms with van der Waals surface area (Å²) in [7, 11) is 4.35. The molecule has 1 aliphatic heterocycles. The molecular weight excluding hydrogens is 343 g/mol. The van der Waals surface area contributed by atoms with Crippen molar-refractivity contribution in [3.05, 3.63) is 33.3 Å². The van der Waals surface area contributed by atoms with E-state index >= 15 is 0 Å². The first-order valence-electron chi connectivity index (χ1n) is 6.94. The van der Waals surface area contributed by atoms with Gasteiger partial charge in [-0.3, -0.25) is 9.80 Å². The summed E-state index contributed by atoms with van der Waals surface area (Å²) in [4.78, 5) is 26.1. The molecule has 0 bridgehead atoms. The number of hydrogen-bond acceptors (Lipinski definition) is 4. The second kappa shape index (κ2) is 7.97. The molecule has 1 aromatic carbocycles. The zero-order valence-corrected chi connectivity index (χ0v) is 14.9. The highest BCUT2D eigenvalue weighted by molar-refractivity contribution is 6.38. The summed E-state index contributed by atoms with van der Waals surface area (Å²) in [5.41, 5.74) is -0.988. The highest BCUT2D eigenvalue weighted by Gasteiger charge is 2.27. The van der Waals surface area contributed by atoms with Crippen LogP contribution in [0, 0.1) is 0 Å². The van der Waals surface area contributed by atoms with Crippen molar-refractivity contribution in [2.24, 2.45) is 0 Å². The number of carboxylic acids is 2. The van der Waals surface area contributed by atoms with Crippen LogP contribution >= 0.6 is 23.2 Å². The largest absolute Gasteiger partial charge is 0.478 e. The number of halogens is 2. The van der Waals surface area contributed by atoms with Crippen LogP contribution in [0.2, 0.25) is 10.0 Å². The van der Waals surface area contributed by atoms with Crippen LogP contribution < -0.4 is 0 Å². The molecule has 128 valence electrons. The third kappa shape index (κ3) is 4.57. The second-order valence-corrected chi connectivity index (χ2v) is 6.29. The fraction of sp³-hybridized carbons (Fsp3) is 0.467. The molecule has 23 heavy (non-hydrogen) atoms. The highest BCUT2D eigenvalue weighted by atomic mass is 35.5. The van der Waals surface area contributed by atoms with Crippen molar-refractivity contribution in [3.8, 4) is 0 Å². The van der Waals surface area contributed by atoms with E-state index in [4.69, 9.17) is 33.4 Å². The van der Waals surface area contributed by atoms with Crippen LogP contribution in [0.3, 0.4) is 0 Å². The molecule has 0 saturated carbocycles. The van der Waals surface area contributed by atoms with Crippen LogP contribution in [0.15, 0.2) is 12.1 Å². The molecular formula is C15H20Cl2N2O4. The Hall–Kier alpha value is -1.34. The Morgan fingerprint density at radius 2 is 1.43 bits per heavy atom. The van der Waals surface area contributed by atoms with Gasteiger partial charge in [-0.25, -0.2) is 9.59 Å². The Morgan fingerprint density at radius 1 is 1.04 bits per heavy atom. The highest BCUT2D eigenvalue weighted by Crippen LogP contribution is 2.27. The second-order valence-electron chi connectivity index (χ2n) is 5.48. The topological polar surface area (TPSA) is 81.1 Å². The molecule has 0 amide bonds. The minimum absolute atomic E-state index is 0.153. The van der Waals surface area contributed by atoms with Gasteiger partial charge in [-0.15, -0.1) is 0 Å². The van der Waals surface area contributed by atoms with Gasteiger partial charge in [-0.05, 0) is 40.1 Å². The smallest absolute Gasteiger partial charge is 0.338 e. The number of nitrogens with zero attached hydrogens (tertiary/aromatic N) is 2. The number of rotatable bonds is 2. The summed E-state index contributed by atoms with van der Waals surface area (Å²) in [6.45, 7) is 5.71. The predicted molar refractivity (Wildman–Crippen MR) is 89.7 cm³/mol.